The first kappa shape index (κ1) is 15.0. The molecule has 0 spiro atoms. The Morgan fingerprint density at radius 1 is 1.33 bits per heavy atom. The zero-order valence-electron chi connectivity index (χ0n) is 11.7. The van der Waals surface area contributed by atoms with E-state index in [2.05, 4.69) is 0 Å². The molecule has 1 aromatic carbocycles. The van der Waals surface area contributed by atoms with Crippen LogP contribution in [0.3, 0.4) is 0 Å². The van der Waals surface area contributed by atoms with Crippen molar-refractivity contribution >= 4 is 23.1 Å². The standard InChI is InChI=1S/C14H17N3O4/c1-9(18)12-3-2-11(8-13(12)17(20)21)16-6-4-10(5-7-16)14(15)19/h2-3,8,10H,4-7H2,1H3,(H2,15,19). The van der Waals surface area contributed by atoms with Gasteiger partial charge in [-0.05, 0) is 31.9 Å². The molecule has 0 bridgehead atoms. The van der Waals surface area contributed by atoms with E-state index in [1.165, 1.54) is 19.1 Å². The Balaban J connectivity index is 2.22. The van der Waals surface area contributed by atoms with Gasteiger partial charge in [0, 0.05) is 30.8 Å². The molecule has 7 heteroatoms. The molecule has 1 saturated heterocycles. The number of nitro groups is 1. The van der Waals surface area contributed by atoms with E-state index >= 15 is 0 Å². The number of benzene rings is 1. The van der Waals surface area contributed by atoms with Gasteiger partial charge in [-0.1, -0.05) is 0 Å². The number of nitrogens with two attached hydrogens (primary N) is 1. The van der Waals surface area contributed by atoms with Crippen LogP contribution in [-0.4, -0.2) is 29.7 Å². The van der Waals surface area contributed by atoms with E-state index in [9.17, 15) is 19.7 Å². The normalized spacial score (nSPS) is 15.8. The summed E-state index contributed by atoms with van der Waals surface area (Å²) in [4.78, 5) is 35.0. The first-order chi connectivity index (χ1) is 9.90. The second-order valence-electron chi connectivity index (χ2n) is 5.18. The quantitative estimate of drug-likeness (QED) is 0.514. The average Bonchev–Trinajstić information content (AvgIpc) is 2.46. The minimum atomic E-state index is -0.545. The minimum absolute atomic E-state index is 0.107. The molecule has 1 aliphatic heterocycles. The molecule has 1 fully saturated rings. The Hall–Kier alpha value is -2.44. The number of rotatable bonds is 4. The highest BCUT2D eigenvalue weighted by molar-refractivity contribution is 5.98. The van der Waals surface area contributed by atoms with Crippen LogP contribution in [0.5, 0.6) is 0 Å². The Bertz CT molecular complexity index is 592. The molecule has 0 unspecified atom stereocenters. The highest BCUT2D eigenvalue weighted by Crippen LogP contribution is 2.29. The maximum atomic E-state index is 11.4. The van der Waals surface area contributed by atoms with Crippen LogP contribution in [0.4, 0.5) is 11.4 Å². The lowest BCUT2D eigenvalue weighted by Gasteiger charge is -2.32. The number of carbonyl (C=O) groups excluding carboxylic acids is 2. The smallest absolute Gasteiger partial charge is 0.282 e. The molecule has 0 saturated carbocycles. The fourth-order valence-electron chi connectivity index (χ4n) is 2.59. The van der Waals surface area contributed by atoms with Gasteiger partial charge in [0.2, 0.25) is 5.91 Å². The number of nitrogens with zero attached hydrogens (tertiary/aromatic N) is 2. The maximum Gasteiger partial charge on any atom is 0.282 e. The Labute approximate surface area is 121 Å². The van der Waals surface area contributed by atoms with Gasteiger partial charge < -0.3 is 10.6 Å². The highest BCUT2D eigenvalue weighted by Gasteiger charge is 2.25. The number of anilines is 1. The lowest BCUT2D eigenvalue weighted by molar-refractivity contribution is -0.385. The molecular weight excluding hydrogens is 274 g/mol. The molecule has 1 heterocycles. The van der Waals surface area contributed by atoms with Crippen molar-refractivity contribution in [2.75, 3.05) is 18.0 Å². The molecule has 0 aromatic heterocycles. The molecule has 112 valence electrons. The molecule has 2 N–H and O–H groups in total. The van der Waals surface area contributed by atoms with Crippen molar-refractivity contribution in [3.8, 4) is 0 Å². The second kappa shape index (κ2) is 5.90. The molecular formula is C14H17N3O4. The predicted octanol–water partition coefficient (Wildman–Crippen LogP) is 1.50. The average molecular weight is 291 g/mol. The van der Waals surface area contributed by atoms with Gasteiger partial charge in [0.05, 0.1) is 10.5 Å². The van der Waals surface area contributed by atoms with Crippen LogP contribution >= 0.6 is 0 Å². The van der Waals surface area contributed by atoms with Crippen molar-refractivity contribution in [2.45, 2.75) is 19.8 Å². The van der Waals surface area contributed by atoms with Gasteiger partial charge in [-0.25, -0.2) is 0 Å². The zero-order chi connectivity index (χ0) is 15.6. The van der Waals surface area contributed by atoms with Gasteiger partial charge in [0.1, 0.15) is 0 Å². The number of piperidine rings is 1. The number of primary amides is 1. The number of amides is 1. The molecule has 1 aromatic rings. The molecule has 1 amide bonds. The summed E-state index contributed by atoms with van der Waals surface area (Å²) < 4.78 is 0. The summed E-state index contributed by atoms with van der Waals surface area (Å²) in [6.07, 6.45) is 1.27. The highest BCUT2D eigenvalue weighted by atomic mass is 16.6. The molecule has 7 nitrogen and oxygen atoms in total. The van der Waals surface area contributed by atoms with Crippen molar-refractivity contribution in [1.29, 1.82) is 0 Å². The fourth-order valence-corrected chi connectivity index (χ4v) is 2.59. The van der Waals surface area contributed by atoms with Crippen molar-refractivity contribution in [1.82, 2.24) is 0 Å². The summed E-state index contributed by atoms with van der Waals surface area (Å²) in [5.41, 5.74) is 5.90. The van der Waals surface area contributed by atoms with E-state index < -0.39 is 4.92 Å². The van der Waals surface area contributed by atoms with Crippen molar-refractivity contribution in [3.63, 3.8) is 0 Å². The van der Waals surface area contributed by atoms with Crippen molar-refractivity contribution in [3.05, 3.63) is 33.9 Å². The monoisotopic (exact) mass is 291 g/mol. The molecule has 0 atom stereocenters. The van der Waals surface area contributed by atoms with Gasteiger partial charge in [0.15, 0.2) is 5.78 Å². The summed E-state index contributed by atoms with van der Waals surface area (Å²) >= 11 is 0. The topological polar surface area (TPSA) is 107 Å². The molecule has 0 aliphatic carbocycles. The number of carbonyl (C=O) groups is 2. The van der Waals surface area contributed by atoms with E-state index in [0.29, 0.717) is 31.6 Å². The number of nitro benzene ring substituents is 1. The number of Topliss-reactive ketones (excluding diaryl/α,β-unsaturated/α-hetero) is 1. The largest absolute Gasteiger partial charge is 0.371 e. The van der Waals surface area contributed by atoms with Gasteiger partial charge in [0.25, 0.3) is 5.69 Å². The lowest BCUT2D eigenvalue weighted by Crippen LogP contribution is -2.38. The third-order valence-electron chi connectivity index (χ3n) is 3.82. The van der Waals surface area contributed by atoms with Crippen LogP contribution in [-0.2, 0) is 4.79 Å². The first-order valence-electron chi connectivity index (χ1n) is 6.73. The van der Waals surface area contributed by atoms with E-state index in [1.54, 1.807) is 6.07 Å². The van der Waals surface area contributed by atoms with Gasteiger partial charge in [-0.15, -0.1) is 0 Å². The van der Waals surface area contributed by atoms with Crippen LogP contribution < -0.4 is 10.6 Å². The van der Waals surface area contributed by atoms with E-state index in [-0.39, 0.29) is 28.9 Å². The van der Waals surface area contributed by atoms with Crippen LogP contribution in [0.15, 0.2) is 18.2 Å². The number of ketones is 1. The van der Waals surface area contributed by atoms with Gasteiger partial charge in [-0.3, -0.25) is 19.7 Å². The van der Waals surface area contributed by atoms with Crippen molar-refractivity contribution in [2.24, 2.45) is 11.7 Å². The fraction of sp³-hybridized carbons (Fsp3) is 0.429. The Morgan fingerprint density at radius 3 is 2.43 bits per heavy atom. The Kier molecular flexibility index (Phi) is 4.21. The maximum absolute atomic E-state index is 11.4. The van der Waals surface area contributed by atoms with Crippen LogP contribution in [0.25, 0.3) is 0 Å². The van der Waals surface area contributed by atoms with E-state index in [4.69, 9.17) is 5.73 Å². The Morgan fingerprint density at radius 2 is 1.95 bits per heavy atom. The van der Waals surface area contributed by atoms with Crippen molar-refractivity contribution < 1.29 is 14.5 Å². The first-order valence-corrected chi connectivity index (χ1v) is 6.73. The molecule has 21 heavy (non-hydrogen) atoms. The van der Waals surface area contributed by atoms with Gasteiger partial charge >= 0.3 is 0 Å². The zero-order valence-corrected chi connectivity index (χ0v) is 11.7. The lowest BCUT2D eigenvalue weighted by atomic mass is 9.95. The minimum Gasteiger partial charge on any atom is -0.371 e. The summed E-state index contributed by atoms with van der Waals surface area (Å²) in [6.45, 7) is 2.54. The molecule has 1 aliphatic rings. The van der Waals surface area contributed by atoms with E-state index in [1.807, 2.05) is 4.90 Å². The number of hydrogen-bond acceptors (Lipinski definition) is 5. The summed E-state index contributed by atoms with van der Waals surface area (Å²) in [7, 11) is 0. The summed E-state index contributed by atoms with van der Waals surface area (Å²) in [6, 6.07) is 4.60. The summed E-state index contributed by atoms with van der Waals surface area (Å²) in [5.74, 6) is -0.763. The van der Waals surface area contributed by atoms with Crippen LogP contribution in [0.2, 0.25) is 0 Å². The third kappa shape index (κ3) is 3.18. The van der Waals surface area contributed by atoms with Crippen LogP contribution in [0, 0.1) is 16.0 Å². The molecule has 0 radical (unpaired) electrons. The molecule has 2 rings (SSSR count). The summed E-state index contributed by atoms with van der Waals surface area (Å²) in [5, 5.41) is 11.1. The van der Waals surface area contributed by atoms with Crippen LogP contribution in [0.1, 0.15) is 30.1 Å². The SMILES string of the molecule is CC(=O)c1ccc(N2CCC(C(N)=O)CC2)cc1[N+](=O)[O-]. The number of hydrogen-bond donors (Lipinski definition) is 1. The van der Waals surface area contributed by atoms with Gasteiger partial charge in [-0.2, -0.15) is 0 Å². The van der Waals surface area contributed by atoms with E-state index in [0.717, 1.165) is 0 Å². The third-order valence-corrected chi connectivity index (χ3v) is 3.82. The second-order valence-corrected chi connectivity index (χ2v) is 5.18. The predicted molar refractivity (Wildman–Crippen MR) is 77.2 cm³/mol.